The summed E-state index contributed by atoms with van der Waals surface area (Å²) in [5, 5.41) is 0. The number of ether oxygens (including phenoxy) is 1. The molecule has 0 aromatic heterocycles. The maximum absolute atomic E-state index is 14.6. The van der Waals surface area contributed by atoms with Gasteiger partial charge >= 0.3 is 0 Å². The van der Waals surface area contributed by atoms with E-state index in [-0.39, 0.29) is 5.92 Å². The lowest BCUT2D eigenvalue weighted by molar-refractivity contribution is 0.103. The summed E-state index contributed by atoms with van der Waals surface area (Å²) in [7, 11) is 0. The molecule has 106 valence electrons. The van der Waals surface area contributed by atoms with Crippen molar-refractivity contribution in [2.24, 2.45) is 5.92 Å². The molecule has 1 aliphatic carbocycles. The minimum absolute atomic E-state index is 0.0415. The van der Waals surface area contributed by atoms with Crippen LogP contribution in [0.5, 0.6) is 0 Å². The molecule has 0 saturated heterocycles. The topological polar surface area (TPSA) is 9.23 Å². The number of hydrogen-bond donors (Lipinski definition) is 0. The molecule has 1 fully saturated rings. The van der Waals surface area contributed by atoms with E-state index in [9.17, 15) is 4.39 Å². The fraction of sp³-hybridized carbons (Fsp3) is 0.625. The zero-order chi connectivity index (χ0) is 13.7. The van der Waals surface area contributed by atoms with E-state index in [2.05, 4.69) is 22.9 Å². The number of halogens is 2. The normalized spacial score (nSPS) is 25.5. The fourth-order valence-electron chi connectivity index (χ4n) is 2.43. The van der Waals surface area contributed by atoms with E-state index < -0.39 is 5.67 Å². The summed E-state index contributed by atoms with van der Waals surface area (Å²) in [5.74, 6) is 0.0415. The molecule has 0 radical (unpaired) electrons. The molecule has 0 bridgehead atoms. The number of hydrogen-bond acceptors (Lipinski definition) is 1. The molecule has 1 nitrogen and oxygen atoms in total. The highest BCUT2D eigenvalue weighted by Crippen LogP contribution is 2.55. The van der Waals surface area contributed by atoms with Gasteiger partial charge in [-0.05, 0) is 30.5 Å². The first-order valence-electron chi connectivity index (χ1n) is 7.19. The molecule has 2 rings (SSSR count). The van der Waals surface area contributed by atoms with Gasteiger partial charge in [-0.1, -0.05) is 54.2 Å². The van der Waals surface area contributed by atoms with E-state index in [1.54, 1.807) is 0 Å². The number of benzene rings is 1. The third-order valence-corrected chi connectivity index (χ3v) is 4.34. The number of rotatable bonds is 8. The number of unbranched alkanes of at least 4 members (excludes halogenated alkanes) is 3. The van der Waals surface area contributed by atoms with Crippen LogP contribution in [0.15, 0.2) is 28.7 Å². The summed E-state index contributed by atoms with van der Waals surface area (Å²) < 4.78 is 21.1. The molecule has 1 aromatic rings. The van der Waals surface area contributed by atoms with E-state index >= 15 is 0 Å². The monoisotopic (exact) mass is 328 g/mol. The van der Waals surface area contributed by atoms with Crippen LogP contribution in [0.1, 0.15) is 44.6 Å². The predicted octanol–water partition coefficient (Wildman–Crippen LogP) is 5.23. The summed E-state index contributed by atoms with van der Waals surface area (Å²) in [4.78, 5) is 0. The lowest BCUT2D eigenvalue weighted by Crippen LogP contribution is -2.08. The van der Waals surface area contributed by atoms with Crippen molar-refractivity contribution in [3.05, 3.63) is 34.3 Å². The minimum atomic E-state index is -1.15. The molecule has 0 N–H and O–H groups in total. The molecule has 1 saturated carbocycles. The second-order valence-electron chi connectivity index (χ2n) is 5.41. The van der Waals surface area contributed by atoms with Gasteiger partial charge in [0.1, 0.15) is 5.67 Å². The maximum Gasteiger partial charge on any atom is 0.141 e. The Kier molecular flexibility index (Phi) is 5.40. The smallest absolute Gasteiger partial charge is 0.141 e. The highest BCUT2D eigenvalue weighted by Gasteiger charge is 2.56. The van der Waals surface area contributed by atoms with Crippen LogP contribution in [0.2, 0.25) is 0 Å². The van der Waals surface area contributed by atoms with Gasteiger partial charge in [0, 0.05) is 17.0 Å². The van der Waals surface area contributed by atoms with Crippen molar-refractivity contribution >= 4 is 15.9 Å². The average Bonchev–Trinajstić information content (AvgIpc) is 3.07. The van der Waals surface area contributed by atoms with Gasteiger partial charge in [-0.2, -0.15) is 0 Å². The van der Waals surface area contributed by atoms with E-state index in [0.29, 0.717) is 13.0 Å². The molecule has 1 aromatic carbocycles. The second kappa shape index (κ2) is 6.85. The Hall–Kier alpha value is -0.410. The van der Waals surface area contributed by atoms with Crippen LogP contribution in [0, 0.1) is 5.92 Å². The minimum Gasteiger partial charge on any atom is -0.381 e. The largest absolute Gasteiger partial charge is 0.381 e. The maximum atomic E-state index is 14.6. The zero-order valence-electron chi connectivity index (χ0n) is 11.5. The van der Waals surface area contributed by atoms with Crippen LogP contribution in [0.25, 0.3) is 0 Å². The zero-order valence-corrected chi connectivity index (χ0v) is 13.1. The highest BCUT2D eigenvalue weighted by atomic mass is 79.9. The van der Waals surface area contributed by atoms with Gasteiger partial charge in [-0.15, -0.1) is 0 Å². The summed E-state index contributed by atoms with van der Waals surface area (Å²) in [5.41, 5.74) is -0.361. The van der Waals surface area contributed by atoms with Gasteiger partial charge in [0.15, 0.2) is 0 Å². The molecule has 0 spiro atoms. The Balaban J connectivity index is 1.69. The van der Waals surface area contributed by atoms with E-state index in [1.807, 2.05) is 24.3 Å². The molecular weight excluding hydrogens is 307 g/mol. The van der Waals surface area contributed by atoms with E-state index in [0.717, 1.165) is 23.1 Å². The summed E-state index contributed by atoms with van der Waals surface area (Å²) >= 11 is 3.37. The first-order chi connectivity index (χ1) is 9.16. The van der Waals surface area contributed by atoms with Crippen LogP contribution in [-0.4, -0.2) is 13.2 Å². The van der Waals surface area contributed by atoms with Gasteiger partial charge in [-0.3, -0.25) is 0 Å². The molecule has 2 atom stereocenters. The van der Waals surface area contributed by atoms with Crippen LogP contribution < -0.4 is 0 Å². The Bertz CT molecular complexity index is 392. The fourth-order valence-corrected chi connectivity index (χ4v) is 2.69. The summed E-state index contributed by atoms with van der Waals surface area (Å²) in [6.07, 6.45) is 5.41. The van der Waals surface area contributed by atoms with Crippen molar-refractivity contribution in [1.82, 2.24) is 0 Å². The lowest BCUT2D eigenvalue weighted by atomic mass is 10.1. The Morgan fingerprint density at radius 1 is 1.26 bits per heavy atom. The molecule has 0 aliphatic heterocycles. The Morgan fingerprint density at radius 3 is 2.68 bits per heavy atom. The van der Waals surface area contributed by atoms with Gasteiger partial charge in [-0.25, -0.2) is 4.39 Å². The Labute approximate surface area is 123 Å². The second-order valence-corrected chi connectivity index (χ2v) is 6.32. The van der Waals surface area contributed by atoms with E-state index in [1.165, 1.54) is 19.3 Å². The van der Waals surface area contributed by atoms with Crippen molar-refractivity contribution < 1.29 is 9.13 Å². The molecular formula is C16H22BrFO. The molecule has 3 heteroatoms. The third-order valence-electron chi connectivity index (χ3n) is 3.82. The van der Waals surface area contributed by atoms with Crippen molar-refractivity contribution in [3.8, 4) is 0 Å². The van der Waals surface area contributed by atoms with Gasteiger partial charge < -0.3 is 4.74 Å². The van der Waals surface area contributed by atoms with Crippen molar-refractivity contribution in [1.29, 1.82) is 0 Å². The molecule has 2 unspecified atom stereocenters. The summed E-state index contributed by atoms with van der Waals surface area (Å²) in [6.45, 7) is 3.52. The van der Waals surface area contributed by atoms with Crippen LogP contribution >= 0.6 is 15.9 Å². The van der Waals surface area contributed by atoms with Gasteiger partial charge in [0.05, 0.1) is 6.61 Å². The van der Waals surface area contributed by atoms with Crippen molar-refractivity contribution in [2.45, 2.75) is 44.7 Å². The highest BCUT2D eigenvalue weighted by molar-refractivity contribution is 9.10. The quantitative estimate of drug-likeness (QED) is 0.593. The van der Waals surface area contributed by atoms with Crippen molar-refractivity contribution in [3.63, 3.8) is 0 Å². The number of alkyl halides is 1. The SMILES string of the molecule is CCCCCCOCC1CC1(F)c1ccc(Br)cc1. The van der Waals surface area contributed by atoms with E-state index in [4.69, 9.17) is 4.74 Å². The first kappa shape index (κ1) is 15.0. The lowest BCUT2D eigenvalue weighted by Gasteiger charge is -2.09. The standard InChI is InChI=1S/C16H22BrFO/c1-2-3-4-5-10-19-12-14-11-16(14,18)13-6-8-15(17)9-7-13/h6-9,14H,2-5,10-12H2,1H3. The molecule has 19 heavy (non-hydrogen) atoms. The molecule has 1 aliphatic rings. The van der Waals surface area contributed by atoms with Crippen LogP contribution in [0.3, 0.4) is 0 Å². The first-order valence-corrected chi connectivity index (χ1v) is 7.99. The Morgan fingerprint density at radius 2 is 2.00 bits per heavy atom. The summed E-state index contributed by atoms with van der Waals surface area (Å²) in [6, 6.07) is 7.53. The van der Waals surface area contributed by atoms with Crippen LogP contribution in [0.4, 0.5) is 4.39 Å². The van der Waals surface area contributed by atoms with Gasteiger partial charge in [0.2, 0.25) is 0 Å². The predicted molar refractivity (Wildman–Crippen MR) is 80.0 cm³/mol. The third kappa shape index (κ3) is 4.03. The molecule has 0 amide bonds. The van der Waals surface area contributed by atoms with Gasteiger partial charge in [0.25, 0.3) is 0 Å². The van der Waals surface area contributed by atoms with Crippen LogP contribution in [-0.2, 0) is 10.4 Å². The molecule has 0 heterocycles. The van der Waals surface area contributed by atoms with Crippen molar-refractivity contribution in [2.75, 3.05) is 13.2 Å². The average molecular weight is 329 g/mol.